The molecule has 1 aromatic carbocycles. The van der Waals surface area contributed by atoms with E-state index < -0.39 is 0 Å². The standard InChI is InChI=1S/C14H23NO2/c1-12-6-4-5-7-14(12)13(11-17-3)10-15-8-9-16-2/h4-7,13,15H,8-11H2,1-3H3. The van der Waals surface area contributed by atoms with Gasteiger partial charge in [0.15, 0.2) is 0 Å². The monoisotopic (exact) mass is 237 g/mol. The van der Waals surface area contributed by atoms with E-state index in [-0.39, 0.29) is 0 Å². The Morgan fingerprint density at radius 1 is 1.18 bits per heavy atom. The van der Waals surface area contributed by atoms with E-state index in [1.165, 1.54) is 11.1 Å². The Bertz CT molecular complexity index is 315. The van der Waals surface area contributed by atoms with Crippen molar-refractivity contribution in [2.24, 2.45) is 0 Å². The van der Waals surface area contributed by atoms with E-state index in [0.29, 0.717) is 5.92 Å². The number of benzene rings is 1. The summed E-state index contributed by atoms with van der Waals surface area (Å²) in [5.74, 6) is 0.401. The van der Waals surface area contributed by atoms with Gasteiger partial charge in [-0.15, -0.1) is 0 Å². The van der Waals surface area contributed by atoms with Crippen LogP contribution in [0, 0.1) is 6.92 Å². The number of rotatable bonds is 8. The summed E-state index contributed by atoms with van der Waals surface area (Å²) in [6.07, 6.45) is 0. The first-order valence-electron chi connectivity index (χ1n) is 6.03. The molecule has 0 fully saturated rings. The van der Waals surface area contributed by atoms with Gasteiger partial charge >= 0.3 is 0 Å². The quantitative estimate of drug-likeness (QED) is 0.701. The fourth-order valence-electron chi connectivity index (χ4n) is 1.96. The van der Waals surface area contributed by atoms with E-state index in [4.69, 9.17) is 9.47 Å². The van der Waals surface area contributed by atoms with Crippen LogP contribution in [-0.4, -0.2) is 40.5 Å². The Hall–Kier alpha value is -0.900. The lowest BCUT2D eigenvalue weighted by Crippen LogP contribution is -2.27. The van der Waals surface area contributed by atoms with Crippen LogP contribution in [0.15, 0.2) is 24.3 Å². The topological polar surface area (TPSA) is 30.5 Å². The Kier molecular flexibility index (Phi) is 6.86. The van der Waals surface area contributed by atoms with E-state index in [1.54, 1.807) is 14.2 Å². The molecular formula is C14H23NO2. The van der Waals surface area contributed by atoms with Crippen molar-refractivity contribution in [2.75, 3.05) is 40.5 Å². The van der Waals surface area contributed by atoms with Crippen molar-refractivity contribution < 1.29 is 9.47 Å². The average Bonchev–Trinajstić information content (AvgIpc) is 2.34. The fraction of sp³-hybridized carbons (Fsp3) is 0.571. The smallest absolute Gasteiger partial charge is 0.0587 e. The van der Waals surface area contributed by atoms with E-state index in [1.807, 2.05) is 0 Å². The molecule has 1 N–H and O–H groups in total. The first-order valence-corrected chi connectivity index (χ1v) is 6.03. The highest BCUT2D eigenvalue weighted by molar-refractivity contribution is 5.29. The molecule has 1 aromatic rings. The van der Waals surface area contributed by atoms with Gasteiger partial charge in [-0.25, -0.2) is 0 Å². The second kappa shape index (κ2) is 8.23. The molecule has 0 saturated carbocycles. The van der Waals surface area contributed by atoms with Gasteiger partial charge in [0.1, 0.15) is 0 Å². The van der Waals surface area contributed by atoms with Gasteiger partial charge in [0.2, 0.25) is 0 Å². The van der Waals surface area contributed by atoms with Crippen LogP contribution in [0.2, 0.25) is 0 Å². The van der Waals surface area contributed by atoms with Crippen LogP contribution in [0.5, 0.6) is 0 Å². The van der Waals surface area contributed by atoms with Gasteiger partial charge in [-0.1, -0.05) is 24.3 Å². The minimum absolute atomic E-state index is 0.401. The molecule has 0 amide bonds. The van der Waals surface area contributed by atoms with Crippen LogP contribution < -0.4 is 5.32 Å². The molecule has 0 spiro atoms. The molecule has 0 aliphatic rings. The number of hydrogen-bond acceptors (Lipinski definition) is 3. The van der Waals surface area contributed by atoms with E-state index in [9.17, 15) is 0 Å². The second-order valence-electron chi connectivity index (χ2n) is 4.21. The van der Waals surface area contributed by atoms with E-state index in [0.717, 1.165) is 26.3 Å². The van der Waals surface area contributed by atoms with Crippen molar-refractivity contribution >= 4 is 0 Å². The van der Waals surface area contributed by atoms with Gasteiger partial charge in [-0.05, 0) is 18.1 Å². The molecule has 1 unspecified atom stereocenters. The highest BCUT2D eigenvalue weighted by Crippen LogP contribution is 2.19. The van der Waals surface area contributed by atoms with Crippen molar-refractivity contribution in [1.82, 2.24) is 5.32 Å². The maximum absolute atomic E-state index is 5.30. The van der Waals surface area contributed by atoms with Crippen LogP contribution in [0.4, 0.5) is 0 Å². The summed E-state index contributed by atoms with van der Waals surface area (Å²) in [6.45, 7) is 5.43. The van der Waals surface area contributed by atoms with Gasteiger partial charge in [-0.3, -0.25) is 0 Å². The van der Waals surface area contributed by atoms with Crippen molar-refractivity contribution in [3.8, 4) is 0 Å². The summed E-state index contributed by atoms with van der Waals surface area (Å²) in [5, 5.41) is 3.39. The predicted octanol–water partition coefficient (Wildman–Crippen LogP) is 1.96. The van der Waals surface area contributed by atoms with Crippen molar-refractivity contribution in [3.63, 3.8) is 0 Å². The van der Waals surface area contributed by atoms with Crippen LogP contribution in [0.3, 0.4) is 0 Å². The minimum atomic E-state index is 0.401. The molecule has 3 nitrogen and oxygen atoms in total. The van der Waals surface area contributed by atoms with Crippen molar-refractivity contribution in [3.05, 3.63) is 35.4 Å². The molecule has 0 aromatic heterocycles. The molecule has 3 heteroatoms. The zero-order valence-electron chi connectivity index (χ0n) is 11.0. The Morgan fingerprint density at radius 2 is 1.94 bits per heavy atom. The normalized spacial score (nSPS) is 12.6. The Labute approximate surface area is 104 Å². The van der Waals surface area contributed by atoms with Gasteiger partial charge in [0.05, 0.1) is 13.2 Å². The first-order chi connectivity index (χ1) is 8.29. The molecular weight excluding hydrogens is 214 g/mol. The number of hydrogen-bond donors (Lipinski definition) is 1. The lowest BCUT2D eigenvalue weighted by Gasteiger charge is -2.19. The van der Waals surface area contributed by atoms with Gasteiger partial charge in [0, 0.05) is 33.2 Å². The molecule has 96 valence electrons. The fourth-order valence-corrected chi connectivity index (χ4v) is 1.96. The third-order valence-corrected chi connectivity index (χ3v) is 2.87. The van der Waals surface area contributed by atoms with Crippen molar-refractivity contribution in [1.29, 1.82) is 0 Å². The number of ether oxygens (including phenoxy) is 2. The van der Waals surface area contributed by atoms with Gasteiger partial charge < -0.3 is 14.8 Å². The zero-order chi connectivity index (χ0) is 12.5. The summed E-state index contributed by atoms with van der Waals surface area (Å²) in [7, 11) is 3.47. The molecule has 0 bridgehead atoms. The highest BCUT2D eigenvalue weighted by atomic mass is 16.5. The number of methoxy groups -OCH3 is 2. The zero-order valence-corrected chi connectivity index (χ0v) is 11.0. The van der Waals surface area contributed by atoms with Crippen LogP contribution >= 0.6 is 0 Å². The lowest BCUT2D eigenvalue weighted by atomic mass is 9.95. The average molecular weight is 237 g/mol. The summed E-state index contributed by atoms with van der Waals surface area (Å²) < 4.78 is 10.3. The first kappa shape index (κ1) is 14.2. The highest BCUT2D eigenvalue weighted by Gasteiger charge is 2.12. The van der Waals surface area contributed by atoms with Gasteiger partial charge in [-0.2, -0.15) is 0 Å². The molecule has 0 radical (unpaired) electrons. The van der Waals surface area contributed by atoms with Gasteiger partial charge in [0.25, 0.3) is 0 Å². The lowest BCUT2D eigenvalue weighted by molar-refractivity contribution is 0.172. The summed E-state index contributed by atoms with van der Waals surface area (Å²) in [5.41, 5.74) is 2.68. The van der Waals surface area contributed by atoms with E-state index >= 15 is 0 Å². The number of aryl methyl sites for hydroxylation is 1. The minimum Gasteiger partial charge on any atom is -0.384 e. The summed E-state index contributed by atoms with van der Waals surface area (Å²) in [4.78, 5) is 0. The SMILES string of the molecule is COCCNCC(COC)c1ccccc1C. The molecule has 0 saturated heterocycles. The third kappa shape index (κ3) is 4.86. The molecule has 0 heterocycles. The Morgan fingerprint density at radius 3 is 2.59 bits per heavy atom. The molecule has 17 heavy (non-hydrogen) atoms. The third-order valence-electron chi connectivity index (χ3n) is 2.87. The molecule has 1 rings (SSSR count). The van der Waals surface area contributed by atoms with Crippen LogP contribution in [0.25, 0.3) is 0 Å². The Balaban J connectivity index is 2.56. The van der Waals surface area contributed by atoms with E-state index in [2.05, 4.69) is 36.5 Å². The largest absolute Gasteiger partial charge is 0.384 e. The van der Waals surface area contributed by atoms with Crippen LogP contribution in [0.1, 0.15) is 17.0 Å². The second-order valence-corrected chi connectivity index (χ2v) is 4.21. The predicted molar refractivity (Wildman–Crippen MR) is 70.5 cm³/mol. The molecule has 1 atom stereocenters. The number of nitrogens with one attached hydrogen (secondary N) is 1. The van der Waals surface area contributed by atoms with Crippen LogP contribution in [-0.2, 0) is 9.47 Å². The molecule has 0 aliphatic carbocycles. The molecule has 0 aliphatic heterocycles. The summed E-state index contributed by atoms with van der Waals surface area (Å²) in [6, 6.07) is 8.48. The maximum atomic E-state index is 5.30. The van der Waals surface area contributed by atoms with Crippen molar-refractivity contribution in [2.45, 2.75) is 12.8 Å². The maximum Gasteiger partial charge on any atom is 0.0587 e. The summed E-state index contributed by atoms with van der Waals surface area (Å²) >= 11 is 0.